The molecule has 1 heterocycles. The van der Waals surface area contributed by atoms with Crippen LogP contribution >= 0.6 is 11.6 Å². The van der Waals surface area contributed by atoms with Gasteiger partial charge in [-0.05, 0) is 37.8 Å². The second-order valence-electron chi connectivity index (χ2n) is 5.65. The Morgan fingerprint density at radius 1 is 1.40 bits per heavy atom. The Bertz CT molecular complexity index is 647. The summed E-state index contributed by atoms with van der Waals surface area (Å²) in [4.78, 5) is 0. The lowest BCUT2D eigenvalue weighted by molar-refractivity contribution is 0.420. The van der Waals surface area contributed by atoms with Crippen LogP contribution in [-0.4, -0.2) is 9.78 Å². The van der Waals surface area contributed by atoms with Gasteiger partial charge in [0.05, 0.1) is 16.4 Å². The molecule has 2 N–H and O–H groups in total. The molecule has 3 nitrogen and oxygen atoms in total. The number of aromatic nitrogens is 2. The molecule has 106 valence electrons. The maximum atomic E-state index is 6.70. The normalized spacial score (nSPS) is 21.2. The zero-order chi connectivity index (χ0) is 14.3. The van der Waals surface area contributed by atoms with E-state index >= 15 is 0 Å². The molecule has 20 heavy (non-hydrogen) atoms. The van der Waals surface area contributed by atoms with E-state index in [0.717, 1.165) is 42.2 Å². The number of fused-ring (bicyclic) bond motifs is 1. The van der Waals surface area contributed by atoms with E-state index < -0.39 is 0 Å². The monoisotopic (exact) mass is 289 g/mol. The van der Waals surface area contributed by atoms with Gasteiger partial charge in [0.1, 0.15) is 0 Å². The van der Waals surface area contributed by atoms with Crippen molar-refractivity contribution >= 4 is 11.6 Å². The van der Waals surface area contributed by atoms with Crippen LogP contribution in [0.3, 0.4) is 0 Å². The van der Waals surface area contributed by atoms with Gasteiger partial charge in [0, 0.05) is 18.5 Å². The molecule has 0 aliphatic heterocycles. The molecule has 0 spiro atoms. The number of benzene rings is 1. The van der Waals surface area contributed by atoms with Crippen LogP contribution in [0, 0.1) is 6.92 Å². The lowest BCUT2D eigenvalue weighted by Gasteiger charge is -2.26. The number of hydrogen-bond donors (Lipinski definition) is 1. The third-order valence-electron chi connectivity index (χ3n) is 4.33. The average Bonchev–Trinajstić information content (AvgIpc) is 2.92. The van der Waals surface area contributed by atoms with Crippen molar-refractivity contribution in [2.24, 2.45) is 5.73 Å². The minimum atomic E-state index is -0.320. The summed E-state index contributed by atoms with van der Waals surface area (Å²) in [5, 5.41) is 5.25. The van der Waals surface area contributed by atoms with Crippen LogP contribution in [0.1, 0.15) is 35.9 Å². The predicted molar refractivity (Wildman–Crippen MR) is 82.0 cm³/mol. The van der Waals surface area contributed by atoms with E-state index in [2.05, 4.69) is 36.3 Å². The maximum Gasteiger partial charge on any atom is 0.0847 e. The summed E-state index contributed by atoms with van der Waals surface area (Å²) in [6, 6.07) is 8.47. The van der Waals surface area contributed by atoms with Crippen molar-refractivity contribution in [3.8, 4) is 0 Å². The first-order valence-electron chi connectivity index (χ1n) is 7.14. The van der Waals surface area contributed by atoms with E-state index in [-0.39, 0.29) is 5.54 Å². The second kappa shape index (κ2) is 4.90. The number of nitrogens with zero attached hydrogens (tertiary/aromatic N) is 2. The molecule has 1 aromatic heterocycles. The van der Waals surface area contributed by atoms with Crippen LogP contribution in [0.4, 0.5) is 0 Å². The van der Waals surface area contributed by atoms with Crippen molar-refractivity contribution in [3.05, 3.63) is 51.8 Å². The zero-order valence-electron chi connectivity index (χ0n) is 12.0. The highest BCUT2D eigenvalue weighted by molar-refractivity contribution is 6.31. The maximum absolute atomic E-state index is 6.70. The van der Waals surface area contributed by atoms with Gasteiger partial charge in [0.15, 0.2) is 0 Å². The third-order valence-corrected chi connectivity index (χ3v) is 4.82. The number of nitrogens with two attached hydrogens (primary N) is 1. The first-order valence-corrected chi connectivity index (χ1v) is 7.52. The highest BCUT2D eigenvalue weighted by Crippen LogP contribution is 2.38. The van der Waals surface area contributed by atoms with Crippen LogP contribution < -0.4 is 5.73 Å². The minimum Gasteiger partial charge on any atom is -0.321 e. The molecule has 0 radical (unpaired) electrons. The highest BCUT2D eigenvalue weighted by atomic mass is 35.5. The smallest absolute Gasteiger partial charge is 0.0847 e. The molecule has 1 aliphatic rings. The quantitative estimate of drug-likeness (QED) is 0.943. The molecule has 1 atom stereocenters. The van der Waals surface area contributed by atoms with Crippen molar-refractivity contribution in [2.75, 3.05) is 0 Å². The fourth-order valence-corrected chi connectivity index (χ4v) is 3.44. The van der Waals surface area contributed by atoms with E-state index in [1.54, 1.807) is 0 Å². The second-order valence-corrected chi connectivity index (χ2v) is 6.03. The molecule has 0 saturated carbocycles. The van der Waals surface area contributed by atoms with Gasteiger partial charge in [-0.2, -0.15) is 5.10 Å². The first-order chi connectivity index (χ1) is 9.55. The standard InChI is InChI=1S/C16H20ClN3/c1-3-20-14(15(17)11(2)19-20)10-16(18)9-8-12-6-4-5-7-13(12)16/h4-7H,3,8-10,18H2,1-2H3. The number of aryl methyl sites for hydroxylation is 3. The van der Waals surface area contributed by atoms with Crippen LogP contribution in [0.25, 0.3) is 0 Å². The topological polar surface area (TPSA) is 43.8 Å². The minimum absolute atomic E-state index is 0.320. The Hall–Kier alpha value is -1.32. The molecule has 1 aromatic carbocycles. The van der Waals surface area contributed by atoms with E-state index in [4.69, 9.17) is 17.3 Å². The average molecular weight is 290 g/mol. The van der Waals surface area contributed by atoms with E-state index in [1.165, 1.54) is 11.1 Å². The first kappa shape index (κ1) is 13.7. The molecule has 0 saturated heterocycles. The van der Waals surface area contributed by atoms with Crippen molar-refractivity contribution in [3.63, 3.8) is 0 Å². The fourth-order valence-electron chi connectivity index (χ4n) is 3.24. The Kier molecular flexibility index (Phi) is 3.35. The van der Waals surface area contributed by atoms with Crippen molar-refractivity contribution in [1.29, 1.82) is 0 Å². The SMILES string of the molecule is CCn1nc(C)c(Cl)c1CC1(N)CCc2ccccc21. The summed E-state index contributed by atoms with van der Waals surface area (Å²) in [5.74, 6) is 0. The van der Waals surface area contributed by atoms with Crippen LogP contribution in [0.2, 0.25) is 5.02 Å². The number of halogens is 1. The van der Waals surface area contributed by atoms with Crippen LogP contribution in [-0.2, 0) is 24.9 Å². The van der Waals surface area contributed by atoms with Crippen molar-refractivity contribution in [1.82, 2.24) is 9.78 Å². The Morgan fingerprint density at radius 2 is 2.15 bits per heavy atom. The summed E-state index contributed by atoms with van der Waals surface area (Å²) >= 11 is 6.42. The number of hydrogen-bond acceptors (Lipinski definition) is 2. The molecule has 4 heteroatoms. The fraction of sp³-hybridized carbons (Fsp3) is 0.438. The molecule has 0 fully saturated rings. The van der Waals surface area contributed by atoms with E-state index in [1.807, 2.05) is 11.6 Å². The molecule has 0 amide bonds. The van der Waals surface area contributed by atoms with Crippen molar-refractivity contribution < 1.29 is 0 Å². The molecule has 1 aliphatic carbocycles. The summed E-state index contributed by atoms with van der Waals surface area (Å²) in [6.07, 6.45) is 2.76. The molecule has 1 unspecified atom stereocenters. The van der Waals surface area contributed by atoms with E-state index in [0.29, 0.717) is 0 Å². The summed E-state index contributed by atoms with van der Waals surface area (Å²) in [6.45, 7) is 4.85. The molecule has 0 bridgehead atoms. The van der Waals surface area contributed by atoms with Gasteiger partial charge in [-0.1, -0.05) is 35.9 Å². The molecular formula is C16H20ClN3. The van der Waals surface area contributed by atoms with Gasteiger partial charge < -0.3 is 5.73 Å². The predicted octanol–water partition coefficient (Wildman–Crippen LogP) is 3.21. The zero-order valence-corrected chi connectivity index (χ0v) is 12.7. The Labute approximate surface area is 124 Å². The van der Waals surface area contributed by atoms with E-state index in [9.17, 15) is 0 Å². The lowest BCUT2D eigenvalue weighted by atomic mass is 9.88. The largest absolute Gasteiger partial charge is 0.321 e. The summed E-state index contributed by atoms with van der Waals surface area (Å²) in [5.41, 5.74) is 11.0. The Balaban J connectivity index is 2.00. The summed E-state index contributed by atoms with van der Waals surface area (Å²) in [7, 11) is 0. The van der Waals surface area contributed by atoms with Crippen molar-refractivity contribution in [2.45, 2.75) is 45.2 Å². The third kappa shape index (κ3) is 2.05. The van der Waals surface area contributed by atoms with Gasteiger partial charge in [-0.3, -0.25) is 4.68 Å². The van der Waals surface area contributed by atoms with Crippen LogP contribution in [0.15, 0.2) is 24.3 Å². The van der Waals surface area contributed by atoms with Gasteiger partial charge in [-0.15, -0.1) is 0 Å². The number of rotatable bonds is 3. The highest BCUT2D eigenvalue weighted by Gasteiger charge is 2.36. The van der Waals surface area contributed by atoms with Gasteiger partial charge in [0.25, 0.3) is 0 Å². The Morgan fingerprint density at radius 3 is 2.90 bits per heavy atom. The molecular weight excluding hydrogens is 270 g/mol. The van der Waals surface area contributed by atoms with Gasteiger partial charge in [-0.25, -0.2) is 0 Å². The molecule has 3 rings (SSSR count). The lowest BCUT2D eigenvalue weighted by Crippen LogP contribution is -2.37. The van der Waals surface area contributed by atoms with Crippen LogP contribution in [0.5, 0.6) is 0 Å². The van der Waals surface area contributed by atoms with Gasteiger partial charge in [0.2, 0.25) is 0 Å². The summed E-state index contributed by atoms with van der Waals surface area (Å²) < 4.78 is 1.98. The van der Waals surface area contributed by atoms with Gasteiger partial charge >= 0.3 is 0 Å². The molecule has 2 aromatic rings.